The summed E-state index contributed by atoms with van der Waals surface area (Å²) in [4.78, 5) is 38.6. The molecule has 26 heavy (non-hydrogen) atoms. The Morgan fingerprint density at radius 3 is 2.46 bits per heavy atom. The second-order valence-electron chi connectivity index (χ2n) is 6.98. The van der Waals surface area contributed by atoms with Crippen LogP contribution in [-0.2, 0) is 14.4 Å². The molecule has 0 radical (unpaired) electrons. The van der Waals surface area contributed by atoms with Crippen molar-refractivity contribution in [3.63, 3.8) is 0 Å². The normalized spacial score (nSPS) is 28.6. The smallest absolute Gasteiger partial charge is 0.233 e. The van der Waals surface area contributed by atoms with Crippen LogP contribution in [0.4, 0.5) is 5.69 Å². The average Bonchev–Trinajstić information content (AvgIpc) is 3.28. The molecule has 6 nitrogen and oxygen atoms in total. The highest BCUT2D eigenvalue weighted by Crippen LogP contribution is 2.52. The molecule has 0 aromatic heterocycles. The zero-order valence-electron chi connectivity index (χ0n) is 14.3. The third-order valence-electron chi connectivity index (χ3n) is 5.56. The lowest BCUT2D eigenvalue weighted by atomic mass is 9.85. The third-order valence-corrected chi connectivity index (χ3v) is 5.86. The van der Waals surface area contributed by atoms with E-state index in [1.54, 1.807) is 18.2 Å². The number of imide groups is 1. The summed E-state index contributed by atoms with van der Waals surface area (Å²) in [6.07, 6.45) is 5.07. The number of nitrogens with zero attached hydrogens (tertiary/aromatic N) is 1. The van der Waals surface area contributed by atoms with Crippen LogP contribution < -0.4 is 10.1 Å². The monoisotopic (exact) mass is 374 g/mol. The van der Waals surface area contributed by atoms with E-state index >= 15 is 0 Å². The van der Waals surface area contributed by atoms with Crippen molar-refractivity contribution in [3.05, 3.63) is 35.4 Å². The Balaban J connectivity index is 1.36. The van der Waals surface area contributed by atoms with Crippen molar-refractivity contribution in [1.82, 2.24) is 4.90 Å². The summed E-state index contributed by atoms with van der Waals surface area (Å²) in [5.74, 6) is -0.0858. The molecule has 2 fully saturated rings. The summed E-state index contributed by atoms with van der Waals surface area (Å²) < 4.78 is 5.07. The number of ether oxygens (including phenoxy) is 1. The number of carbonyl (C=O) groups is 3. The number of halogens is 1. The number of carbonyl (C=O) groups excluding carboxylic acids is 3. The molecule has 1 aliphatic heterocycles. The number of fused-ring (bicyclic) bond motifs is 5. The second-order valence-corrected chi connectivity index (χ2v) is 7.38. The number of hydrogen-bond donors (Lipinski definition) is 1. The Bertz CT molecular complexity index is 792. The van der Waals surface area contributed by atoms with E-state index in [-0.39, 0.29) is 54.4 Å². The van der Waals surface area contributed by atoms with Crippen molar-refractivity contribution in [2.24, 2.45) is 23.7 Å². The minimum absolute atomic E-state index is 0.0589. The van der Waals surface area contributed by atoms with Crippen molar-refractivity contribution in [2.45, 2.75) is 12.8 Å². The van der Waals surface area contributed by atoms with Gasteiger partial charge in [-0.3, -0.25) is 19.3 Å². The summed E-state index contributed by atoms with van der Waals surface area (Å²) >= 11 is 6.04. The molecule has 0 unspecified atom stereocenters. The van der Waals surface area contributed by atoms with Crippen molar-refractivity contribution in [2.75, 3.05) is 19.0 Å². The molecule has 136 valence electrons. The lowest BCUT2D eigenvalue weighted by Gasteiger charge is -2.17. The fraction of sp³-hybridized carbons (Fsp3) is 0.421. The first kappa shape index (κ1) is 17.1. The highest BCUT2D eigenvalue weighted by Gasteiger charge is 2.58. The van der Waals surface area contributed by atoms with Crippen molar-refractivity contribution in [3.8, 4) is 5.75 Å². The summed E-state index contributed by atoms with van der Waals surface area (Å²) in [7, 11) is 1.51. The van der Waals surface area contributed by atoms with Crippen molar-refractivity contribution >= 4 is 35.0 Å². The fourth-order valence-corrected chi connectivity index (χ4v) is 4.62. The zero-order chi connectivity index (χ0) is 18.4. The summed E-state index contributed by atoms with van der Waals surface area (Å²) in [5.41, 5.74) is 0.541. The molecule has 1 saturated heterocycles. The number of allylic oxidation sites excluding steroid dienone is 2. The third kappa shape index (κ3) is 2.69. The molecule has 1 N–H and O–H groups in total. The highest BCUT2D eigenvalue weighted by molar-refractivity contribution is 6.32. The van der Waals surface area contributed by atoms with Crippen LogP contribution in [0.2, 0.25) is 5.02 Å². The maximum absolute atomic E-state index is 12.6. The van der Waals surface area contributed by atoms with E-state index < -0.39 is 0 Å². The van der Waals surface area contributed by atoms with Gasteiger partial charge in [0.15, 0.2) is 0 Å². The van der Waals surface area contributed by atoms with Crippen LogP contribution in [0.3, 0.4) is 0 Å². The van der Waals surface area contributed by atoms with Crippen molar-refractivity contribution < 1.29 is 19.1 Å². The summed E-state index contributed by atoms with van der Waals surface area (Å²) in [6, 6.07) is 4.94. The molecule has 1 aromatic rings. The molecule has 2 bridgehead atoms. The molecular formula is C19H19ClN2O4. The van der Waals surface area contributed by atoms with E-state index in [1.165, 1.54) is 12.0 Å². The minimum atomic E-state index is -0.273. The molecule has 1 aromatic carbocycles. The van der Waals surface area contributed by atoms with Gasteiger partial charge in [0.2, 0.25) is 17.7 Å². The molecule has 3 aliphatic rings. The Morgan fingerprint density at radius 2 is 1.88 bits per heavy atom. The van der Waals surface area contributed by atoms with Gasteiger partial charge in [0.1, 0.15) is 5.75 Å². The first-order valence-corrected chi connectivity index (χ1v) is 9.04. The Kier molecular flexibility index (Phi) is 4.23. The lowest BCUT2D eigenvalue weighted by molar-refractivity contribution is -0.140. The van der Waals surface area contributed by atoms with Crippen LogP contribution in [0.1, 0.15) is 12.8 Å². The number of anilines is 1. The molecule has 1 heterocycles. The molecule has 4 atom stereocenters. The van der Waals surface area contributed by atoms with E-state index in [0.717, 1.165) is 6.42 Å². The van der Waals surface area contributed by atoms with Gasteiger partial charge in [-0.2, -0.15) is 0 Å². The Hall–Kier alpha value is -2.34. The SMILES string of the molecule is COc1ccc(NC(=O)CCN2C(=O)[C@@H]3[C@@H](C2=O)[C@H]2C=C[C@H]3C2)cc1Cl. The molecule has 0 spiro atoms. The fourth-order valence-electron chi connectivity index (χ4n) is 4.37. The maximum atomic E-state index is 12.6. The van der Waals surface area contributed by atoms with Gasteiger partial charge >= 0.3 is 0 Å². The molecular weight excluding hydrogens is 356 g/mol. The van der Waals surface area contributed by atoms with Crippen LogP contribution in [-0.4, -0.2) is 36.3 Å². The number of methoxy groups -OCH3 is 1. The van der Waals surface area contributed by atoms with Crippen LogP contribution in [0.15, 0.2) is 30.4 Å². The van der Waals surface area contributed by atoms with Gasteiger partial charge in [-0.15, -0.1) is 0 Å². The molecule has 2 aliphatic carbocycles. The van der Waals surface area contributed by atoms with E-state index in [0.29, 0.717) is 16.5 Å². The predicted octanol–water partition coefficient (Wildman–Crippen LogP) is 2.48. The van der Waals surface area contributed by atoms with E-state index in [1.807, 2.05) is 0 Å². The van der Waals surface area contributed by atoms with Crippen LogP contribution >= 0.6 is 11.6 Å². The first-order valence-electron chi connectivity index (χ1n) is 8.66. The van der Waals surface area contributed by atoms with Gasteiger partial charge in [0.05, 0.1) is 24.0 Å². The predicted molar refractivity (Wildman–Crippen MR) is 95.7 cm³/mol. The average molecular weight is 375 g/mol. The van der Waals surface area contributed by atoms with Crippen LogP contribution in [0.5, 0.6) is 5.75 Å². The number of rotatable bonds is 5. The number of hydrogen-bond acceptors (Lipinski definition) is 4. The van der Waals surface area contributed by atoms with Gasteiger partial charge in [0, 0.05) is 18.7 Å². The van der Waals surface area contributed by atoms with Gasteiger partial charge < -0.3 is 10.1 Å². The highest BCUT2D eigenvalue weighted by atomic mass is 35.5. The number of amides is 3. The lowest BCUT2D eigenvalue weighted by Crippen LogP contribution is -2.35. The molecule has 3 amide bonds. The number of benzene rings is 1. The number of likely N-dealkylation sites (tertiary alicyclic amines) is 1. The zero-order valence-corrected chi connectivity index (χ0v) is 15.0. The molecule has 7 heteroatoms. The quantitative estimate of drug-likeness (QED) is 0.634. The van der Waals surface area contributed by atoms with Crippen molar-refractivity contribution in [1.29, 1.82) is 0 Å². The number of nitrogens with one attached hydrogen (secondary N) is 1. The van der Waals surface area contributed by atoms with Crippen LogP contribution in [0.25, 0.3) is 0 Å². The topological polar surface area (TPSA) is 75.7 Å². The Labute approximate surface area is 156 Å². The van der Waals surface area contributed by atoms with Crippen LogP contribution in [0, 0.1) is 23.7 Å². The van der Waals surface area contributed by atoms with Gasteiger partial charge in [0.25, 0.3) is 0 Å². The molecule has 1 saturated carbocycles. The molecule has 4 rings (SSSR count). The standard InChI is InChI=1S/C19H19ClN2O4/c1-26-14-5-4-12(9-13(14)20)21-15(23)6-7-22-18(24)16-10-2-3-11(8-10)17(16)19(22)25/h2-5,9-11,16-17H,6-8H2,1H3,(H,21,23)/t10-,11-,16-,17-/m0/s1. The minimum Gasteiger partial charge on any atom is -0.495 e. The Morgan fingerprint density at radius 1 is 1.23 bits per heavy atom. The van der Waals surface area contributed by atoms with Gasteiger partial charge in [-0.05, 0) is 36.5 Å². The van der Waals surface area contributed by atoms with Gasteiger partial charge in [-0.25, -0.2) is 0 Å². The van der Waals surface area contributed by atoms with Gasteiger partial charge in [-0.1, -0.05) is 23.8 Å². The largest absolute Gasteiger partial charge is 0.495 e. The summed E-state index contributed by atoms with van der Waals surface area (Å²) in [5, 5.41) is 3.12. The second kappa shape index (κ2) is 6.43. The maximum Gasteiger partial charge on any atom is 0.233 e. The summed E-state index contributed by atoms with van der Waals surface area (Å²) in [6.45, 7) is 0.111. The van der Waals surface area contributed by atoms with E-state index in [9.17, 15) is 14.4 Å². The van der Waals surface area contributed by atoms with E-state index in [4.69, 9.17) is 16.3 Å². The first-order chi connectivity index (χ1) is 12.5. The van der Waals surface area contributed by atoms with E-state index in [2.05, 4.69) is 17.5 Å².